The Hall–Kier alpha value is -4.07. The Bertz CT molecular complexity index is 1420. The van der Waals surface area contributed by atoms with E-state index in [1.54, 1.807) is 12.4 Å². The van der Waals surface area contributed by atoms with Gasteiger partial charge in [-0.2, -0.15) is 5.10 Å². The number of aryl methyl sites for hydroxylation is 3. The van der Waals surface area contributed by atoms with Gasteiger partial charge in [0.25, 0.3) is 0 Å². The maximum atomic E-state index is 12.3. The van der Waals surface area contributed by atoms with E-state index in [1.807, 2.05) is 39.5 Å². The van der Waals surface area contributed by atoms with Crippen molar-refractivity contribution in [3.05, 3.63) is 83.7 Å². The van der Waals surface area contributed by atoms with Crippen LogP contribution in [-0.4, -0.2) is 35.1 Å². The van der Waals surface area contributed by atoms with Crippen LogP contribution in [0.3, 0.4) is 0 Å². The number of amides is 1. The number of hydrogen-bond donors (Lipinski definition) is 1. The average molecular weight is 425 g/mol. The molecule has 32 heavy (non-hydrogen) atoms. The Morgan fingerprint density at radius 2 is 1.84 bits per heavy atom. The molecule has 0 atom stereocenters. The number of hydrogen-bond acceptors (Lipinski definition) is 5. The summed E-state index contributed by atoms with van der Waals surface area (Å²) in [4.78, 5) is 16.3. The van der Waals surface area contributed by atoms with Crippen LogP contribution in [0, 0.1) is 13.8 Å². The van der Waals surface area contributed by atoms with Crippen LogP contribution >= 0.6 is 0 Å². The smallest absolute Gasteiger partial charge is 0.220 e. The fraction of sp³-hybridized carbons (Fsp3) is 0.208. The first-order valence-corrected chi connectivity index (χ1v) is 10.5. The molecule has 8 nitrogen and oxygen atoms in total. The number of pyridine rings is 1. The van der Waals surface area contributed by atoms with Gasteiger partial charge in [-0.3, -0.25) is 14.2 Å². The summed E-state index contributed by atoms with van der Waals surface area (Å²) in [6, 6.07) is 12.1. The summed E-state index contributed by atoms with van der Waals surface area (Å²) in [7, 11) is 0. The summed E-state index contributed by atoms with van der Waals surface area (Å²) in [6.45, 7) is 4.69. The van der Waals surface area contributed by atoms with Crippen molar-refractivity contribution in [2.75, 3.05) is 0 Å². The number of aromatic nitrogens is 6. The highest BCUT2D eigenvalue weighted by Crippen LogP contribution is 2.24. The molecule has 0 aliphatic carbocycles. The maximum Gasteiger partial charge on any atom is 0.220 e. The molecular weight excluding hydrogens is 402 g/mol. The van der Waals surface area contributed by atoms with Crippen LogP contribution < -0.4 is 5.32 Å². The summed E-state index contributed by atoms with van der Waals surface area (Å²) in [5.41, 5.74) is 7.07. The van der Waals surface area contributed by atoms with Gasteiger partial charge in [-0.05, 0) is 54.8 Å². The fourth-order valence-corrected chi connectivity index (χ4v) is 3.69. The van der Waals surface area contributed by atoms with Gasteiger partial charge in [0.2, 0.25) is 5.91 Å². The van der Waals surface area contributed by atoms with Gasteiger partial charge in [0, 0.05) is 49.7 Å². The van der Waals surface area contributed by atoms with Crippen molar-refractivity contribution in [1.29, 1.82) is 0 Å². The van der Waals surface area contributed by atoms with Crippen LogP contribution in [0.5, 0.6) is 0 Å². The van der Waals surface area contributed by atoms with Gasteiger partial charge in [0.1, 0.15) is 11.3 Å². The van der Waals surface area contributed by atoms with E-state index < -0.39 is 0 Å². The second-order valence-corrected chi connectivity index (χ2v) is 7.90. The molecule has 1 aromatic carbocycles. The van der Waals surface area contributed by atoms with Crippen molar-refractivity contribution in [1.82, 2.24) is 34.5 Å². The molecule has 0 aliphatic rings. The molecule has 0 spiro atoms. The molecule has 4 aromatic heterocycles. The number of benzene rings is 1. The molecule has 0 bridgehead atoms. The van der Waals surface area contributed by atoms with Gasteiger partial charge in [-0.25, -0.2) is 4.52 Å². The van der Waals surface area contributed by atoms with E-state index in [-0.39, 0.29) is 5.91 Å². The summed E-state index contributed by atoms with van der Waals surface area (Å²) in [5, 5.41) is 16.3. The van der Waals surface area contributed by atoms with Gasteiger partial charge >= 0.3 is 0 Å². The minimum Gasteiger partial charge on any atom is -0.352 e. The van der Waals surface area contributed by atoms with Crippen molar-refractivity contribution >= 4 is 17.1 Å². The first kappa shape index (κ1) is 19.9. The molecule has 5 rings (SSSR count). The SMILES string of the molecule is Cc1ccc(-c2cc3c4nnc(CCC(=O)NCc5ccncc5)n4ccn3n2)cc1C. The summed E-state index contributed by atoms with van der Waals surface area (Å²) in [5.74, 6) is 0.719. The first-order valence-electron chi connectivity index (χ1n) is 10.5. The van der Waals surface area contributed by atoms with E-state index in [2.05, 4.69) is 52.5 Å². The van der Waals surface area contributed by atoms with Crippen molar-refractivity contribution in [2.45, 2.75) is 33.2 Å². The Labute approximate surface area is 184 Å². The first-order chi connectivity index (χ1) is 15.6. The fourth-order valence-electron chi connectivity index (χ4n) is 3.69. The minimum absolute atomic E-state index is 0.0268. The predicted octanol–water partition coefficient (Wildman–Crippen LogP) is 3.30. The third kappa shape index (κ3) is 3.82. The quantitative estimate of drug-likeness (QED) is 0.451. The number of carbonyl (C=O) groups excluding carboxylic acids is 1. The van der Waals surface area contributed by atoms with E-state index in [9.17, 15) is 4.79 Å². The lowest BCUT2D eigenvalue weighted by atomic mass is 10.0. The maximum absolute atomic E-state index is 12.3. The molecule has 0 saturated heterocycles. The zero-order chi connectivity index (χ0) is 22.1. The topological polar surface area (TPSA) is 89.5 Å². The van der Waals surface area contributed by atoms with Crippen LogP contribution in [0.2, 0.25) is 0 Å². The molecule has 0 fully saturated rings. The zero-order valence-corrected chi connectivity index (χ0v) is 18.0. The Morgan fingerprint density at radius 3 is 2.66 bits per heavy atom. The van der Waals surface area contributed by atoms with Crippen molar-refractivity contribution in [3.8, 4) is 11.3 Å². The molecule has 160 valence electrons. The van der Waals surface area contributed by atoms with Gasteiger partial charge in [0.05, 0.1) is 5.69 Å². The largest absolute Gasteiger partial charge is 0.352 e. The second kappa shape index (κ2) is 8.22. The van der Waals surface area contributed by atoms with Crippen LogP contribution in [-0.2, 0) is 17.8 Å². The highest BCUT2D eigenvalue weighted by molar-refractivity contribution is 5.77. The minimum atomic E-state index is -0.0268. The van der Waals surface area contributed by atoms with Crippen molar-refractivity contribution in [2.24, 2.45) is 0 Å². The lowest BCUT2D eigenvalue weighted by Crippen LogP contribution is -2.23. The molecule has 1 N–H and O–H groups in total. The summed E-state index contributed by atoms with van der Waals surface area (Å²) >= 11 is 0. The predicted molar refractivity (Wildman–Crippen MR) is 121 cm³/mol. The number of nitrogens with zero attached hydrogens (tertiary/aromatic N) is 6. The van der Waals surface area contributed by atoms with E-state index >= 15 is 0 Å². The van der Waals surface area contributed by atoms with E-state index in [0.717, 1.165) is 33.8 Å². The van der Waals surface area contributed by atoms with Gasteiger partial charge < -0.3 is 5.32 Å². The molecule has 5 aromatic rings. The Balaban J connectivity index is 1.34. The van der Waals surface area contributed by atoms with E-state index in [4.69, 9.17) is 5.10 Å². The van der Waals surface area contributed by atoms with Gasteiger partial charge in [0.15, 0.2) is 5.65 Å². The van der Waals surface area contributed by atoms with Crippen molar-refractivity contribution in [3.63, 3.8) is 0 Å². The van der Waals surface area contributed by atoms with Crippen LogP contribution in [0.1, 0.15) is 28.9 Å². The lowest BCUT2D eigenvalue weighted by Gasteiger charge is -2.05. The highest BCUT2D eigenvalue weighted by Gasteiger charge is 2.14. The second-order valence-electron chi connectivity index (χ2n) is 7.90. The monoisotopic (exact) mass is 425 g/mol. The van der Waals surface area contributed by atoms with Crippen LogP contribution in [0.25, 0.3) is 22.4 Å². The number of rotatable bonds is 6. The molecule has 1 amide bonds. The number of carbonyl (C=O) groups is 1. The average Bonchev–Trinajstić information content (AvgIpc) is 3.42. The molecule has 8 heteroatoms. The zero-order valence-electron chi connectivity index (χ0n) is 18.0. The van der Waals surface area contributed by atoms with Crippen LogP contribution in [0.4, 0.5) is 0 Å². The molecule has 0 radical (unpaired) electrons. The van der Waals surface area contributed by atoms with E-state index in [1.165, 1.54) is 11.1 Å². The van der Waals surface area contributed by atoms with Gasteiger partial charge in [-0.15, -0.1) is 10.2 Å². The van der Waals surface area contributed by atoms with Crippen molar-refractivity contribution < 1.29 is 4.79 Å². The Kier molecular flexibility index (Phi) is 5.10. The summed E-state index contributed by atoms with van der Waals surface area (Å²) < 4.78 is 3.75. The lowest BCUT2D eigenvalue weighted by molar-refractivity contribution is -0.121. The highest BCUT2D eigenvalue weighted by atomic mass is 16.1. The molecule has 4 heterocycles. The third-order valence-corrected chi connectivity index (χ3v) is 5.71. The Morgan fingerprint density at radius 1 is 1.00 bits per heavy atom. The molecule has 0 aliphatic heterocycles. The normalized spacial score (nSPS) is 11.3. The van der Waals surface area contributed by atoms with Gasteiger partial charge in [-0.1, -0.05) is 12.1 Å². The number of fused-ring (bicyclic) bond motifs is 3. The van der Waals surface area contributed by atoms with Crippen LogP contribution in [0.15, 0.2) is 61.2 Å². The summed E-state index contributed by atoms with van der Waals surface area (Å²) in [6.07, 6.45) is 8.05. The number of nitrogens with one attached hydrogen (secondary N) is 1. The third-order valence-electron chi connectivity index (χ3n) is 5.71. The standard InChI is InChI=1S/C24H23N7O/c1-16-3-4-19(13-17(16)2)20-14-21-24-28-27-22(30(24)11-12-31(21)29-20)5-6-23(32)26-15-18-7-9-25-10-8-18/h3-4,7-14H,5-6,15H2,1-2H3,(H,26,32). The molecule has 0 saturated carbocycles. The molecular formula is C24H23N7O. The molecule has 0 unspecified atom stereocenters. The van der Waals surface area contributed by atoms with E-state index in [0.29, 0.717) is 19.4 Å².